The van der Waals surface area contributed by atoms with Crippen LogP contribution in [0.25, 0.3) is 0 Å². The zero-order valence-electron chi connectivity index (χ0n) is 9.08. The van der Waals surface area contributed by atoms with E-state index in [1.807, 2.05) is 0 Å². The van der Waals surface area contributed by atoms with Gasteiger partial charge in [0.15, 0.2) is 0 Å². The summed E-state index contributed by atoms with van der Waals surface area (Å²) in [5, 5.41) is 0. The van der Waals surface area contributed by atoms with Gasteiger partial charge in [-0.2, -0.15) is 0 Å². The van der Waals surface area contributed by atoms with Crippen molar-refractivity contribution >= 4 is 5.69 Å². The molecule has 0 unspecified atom stereocenters. The molecule has 0 aromatic heterocycles. The Kier molecular flexibility index (Phi) is 2.36. The summed E-state index contributed by atoms with van der Waals surface area (Å²) in [7, 11) is 0. The summed E-state index contributed by atoms with van der Waals surface area (Å²) < 4.78 is 5.64. The van der Waals surface area contributed by atoms with Crippen LogP contribution in [-0.2, 0) is 0 Å². The fourth-order valence-electron chi connectivity index (χ4n) is 2.00. The molecule has 2 rings (SSSR count). The molecule has 0 N–H and O–H groups in total. The average molecular weight is 191 g/mol. The molecule has 0 spiro atoms. The molecular formula is C12H17NO. The average Bonchev–Trinajstić information content (AvgIpc) is 2.17. The fraction of sp³-hybridized carbons (Fsp3) is 0.500. The van der Waals surface area contributed by atoms with Crippen molar-refractivity contribution in [3.05, 3.63) is 23.8 Å². The summed E-state index contributed by atoms with van der Waals surface area (Å²) in [5.41, 5.74) is 2.57. The lowest BCUT2D eigenvalue weighted by atomic mass is 10.1. The van der Waals surface area contributed by atoms with Crippen molar-refractivity contribution in [1.82, 2.24) is 0 Å². The van der Waals surface area contributed by atoms with E-state index in [2.05, 4.69) is 43.9 Å². The van der Waals surface area contributed by atoms with Crippen LogP contribution in [-0.4, -0.2) is 19.2 Å². The fourth-order valence-corrected chi connectivity index (χ4v) is 2.00. The molecule has 0 saturated heterocycles. The number of para-hydroxylation sites is 1. The molecule has 1 aromatic carbocycles. The molecule has 0 radical (unpaired) electrons. The quantitative estimate of drug-likeness (QED) is 0.676. The number of fused-ring (bicyclic) bond motifs is 1. The standard InChI is InChI=1S/C12H17NO/c1-9(2)13-7-8-14-11-6-4-5-10(3)12(11)13/h4-6,9H,7-8H2,1-3H3. The minimum Gasteiger partial charge on any atom is -0.490 e. The molecule has 1 aromatic rings. The highest BCUT2D eigenvalue weighted by Gasteiger charge is 2.21. The number of hydrogen-bond acceptors (Lipinski definition) is 2. The largest absolute Gasteiger partial charge is 0.490 e. The van der Waals surface area contributed by atoms with Gasteiger partial charge < -0.3 is 9.64 Å². The van der Waals surface area contributed by atoms with E-state index in [4.69, 9.17) is 4.74 Å². The first-order valence-corrected chi connectivity index (χ1v) is 5.19. The van der Waals surface area contributed by atoms with Crippen LogP contribution in [0.5, 0.6) is 5.75 Å². The third kappa shape index (κ3) is 1.45. The Morgan fingerprint density at radius 1 is 1.36 bits per heavy atom. The predicted octanol–water partition coefficient (Wildman–Crippen LogP) is 2.60. The van der Waals surface area contributed by atoms with Crippen LogP contribution in [0.4, 0.5) is 5.69 Å². The molecule has 14 heavy (non-hydrogen) atoms. The van der Waals surface area contributed by atoms with E-state index in [-0.39, 0.29) is 0 Å². The van der Waals surface area contributed by atoms with E-state index < -0.39 is 0 Å². The van der Waals surface area contributed by atoms with E-state index in [0.29, 0.717) is 6.04 Å². The topological polar surface area (TPSA) is 12.5 Å². The summed E-state index contributed by atoms with van der Waals surface area (Å²) in [6.45, 7) is 8.39. The van der Waals surface area contributed by atoms with Gasteiger partial charge in [0.25, 0.3) is 0 Å². The molecule has 1 heterocycles. The Labute approximate surface area is 85.5 Å². The van der Waals surface area contributed by atoms with Crippen LogP contribution < -0.4 is 9.64 Å². The summed E-state index contributed by atoms with van der Waals surface area (Å²) >= 11 is 0. The monoisotopic (exact) mass is 191 g/mol. The third-order valence-electron chi connectivity index (χ3n) is 2.70. The summed E-state index contributed by atoms with van der Waals surface area (Å²) in [6.07, 6.45) is 0. The number of aryl methyl sites for hydroxylation is 1. The molecule has 0 fully saturated rings. The second kappa shape index (κ2) is 3.52. The predicted molar refractivity (Wildman–Crippen MR) is 59.2 cm³/mol. The SMILES string of the molecule is Cc1cccc2c1N(C(C)C)CCO2. The van der Waals surface area contributed by atoms with Crippen LogP contribution in [0.15, 0.2) is 18.2 Å². The van der Waals surface area contributed by atoms with E-state index >= 15 is 0 Å². The van der Waals surface area contributed by atoms with Crippen molar-refractivity contribution in [1.29, 1.82) is 0 Å². The van der Waals surface area contributed by atoms with Crippen molar-refractivity contribution < 1.29 is 4.74 Å². The lowest BCUT2D eigenvalue weighted by molar-refractivity contribution is 0.302. The van der Waals surface area contributed by atoms with Gasteiger partial charge in [0.05, 0.1) is 12.2 Å². The Morgan fingerprint density at radius 3 is 2.86 bits per heavy atom. The van der Waals surface area contributed by atoms with Crippen molar-refractivity contribution in [2.75, 3.05) is 18.1 Å². The second-order valence-corrected chi connectivity index (χ2v) is 4.06. The van der Waals surface area contributed by atoms with Crippen LogP contribution in [0, 0.1) is 6.92 Å². The summed E-state index contributed by atoms with van der Waals surface area (Å²) in [4.78, 5) is 2.41. The van der Waals surface area contributed by atoms with Gasteiger partial charge in [-0.3, -0.25) is 0 Å². The molecule has 1 aliphatic heterocycles. The highest BCUT2D eigenvalue weighted by Crippen LogP contribution is 2.35. The zero-order valence-corrected chi connectivity index (χ0v) is 9.08. The van der Waals surface area contributed by atoms with Gasteiger partial charge in [-0.05, 0) is 32.4 Å². The van der Waals surface area contributed by atoms with Crippen LogP contribution in [0.2, 0.25) is 0 Å². The van der Waals surface area contributed by atoms with E-state index in [0.717, 1.165) is 18.9 Å². The maximum absolute atomic E-state index is 5.64. The second-order valence-electron chi connectivity index (χ2n) is 4.06. The van der Waals surface area contributed by atoms with Gasteiger partial charge in [-0.15, -0.1) is 0 Å². The van der Waals surface area contributed by atoms with Gasteiger partial charge in [0, 0.05) is 6.04 Å². The molecule has 0 saturated carbocycles. The minimum absolute atomic E-state index is 0.541. The molecule has 76 valence electrons. The van der Waals surface area contributed by atoms with Gasteiger partial charge >= 0.3 is 0 Å². The molecule has 2 heteroatoms. The Balaban J connectivity index is 2.47. The first-order chi connectivity index (χ1) is 6.70. The Morgan fingerprint density at radius 2 is 2.14 bits per heavy atom. The smallest absolute Gasteiger partial charge is 0.142 e. The normalized spacial score (nSPS) is 15.3. The minimum atomic E-state index is 0.541. The molecule has 0 bridgehead atoms. The van der Waals surface area contributed by atoms with Crippen LogP contribution in [0.1, 0.15) is 19.4 Å². The highest BCUT2D eigenvalue weighted by atomic mass is 16.5. The number of hydrogen-bond donors (Lipinski definition) is 0. The number of rotatable bonds is 1. The summed E-state index contributed by atoms with van der Waals surface area (Å²) in [6, 6.07) is 6.79. The molecule has 1 aliphatic rings. The van der Waals surface area contributed by atoms with E-state index in [1.54, 1.807) is 0 Å². The molecular weight excluding hydrogens is 174 g/mol. The lowest BCUT2D eigenvalue weighted by Crippen LogP contribution is -2.38. The van der Waals surface area contributed by atoms with E-state index in [1.165, 1.54) is 11.3 Å². The Hall–Kier alpha value is -1.18. The summed E-state index contributed by atoms with van der Waals surface area (Å²) in [5.74, 6) is 1.03. The van der Waals surface area contributed by atoms with Gasteiger partial charge in [0.1, 0.15) is 12.4 Å². The van der Waals surface area contributed by atoms with E-state index in [9.17, 15) is 0 Å². The highest BCUT2D eigenvalue weighted by molar-refractivity contribution is 5.65. The molecule has 0 amide bonds. The first kappa shape index (κ1) is 9.38. The maximum Gasteiger partial charge on any atom is 0.142 e. The maximum atomic E-state index is 5.64. The van der Waals surface area contributed by atoms with Gasteiger partial charge in [0.2, 0.25) is 0 Å². The van der Waals surface area contributed by atoms with Gasteiger partial charge in [-0.25, -0.2) is 0 Å². The molecule has 2 nitrogen and oxygen atoms in total. The number of benzene rings is 1. The number of anilines is 1. The lowest BCUT2D eigenvalue weighted by Gasteiger charge is -2.35. The third-order valence-corrected chi connectivity index (χ3v) is 2.70. The molecule has 0 atom stereocenters. The zero-order chi connectivity index (χ0) is 10.1. The van der Waals surface area contributed by atoms with Crippen LogP contribution >= 0.6 is 0 Å². The Bertz CT molecular complexity index is 333. The van der Waals surface area contributed by atoms with Crippen LogP contribution in [0.3, 0.4) is 0 Å². The first-order valence-electron chi connectivity index (χ1n) is 5.19. The van der Waals surface area contributed by atoms with Crippen molar-refractivity contribution in [2.45, 2.75) is 26.8 Å². The number of ether oxygens (including phenoxy) is 1. The van der Waals surface area contributed by atoms with Gasteiger partial charge in [-0.1, -0.05) is 12.1 Å². The van der Waals surface area contributed by atoms with Crippen molar-refractivity contribution in [2.24, 2.45) is 0 Å². The van der Waals surface area contributed by atoms with Crippen molar-refractivity contribution in [3.63, 3.8) is 0 Å². The van der Waals surface area contributed by atoms with Crippen molar-refractivity contribution in [3.8, 4) is 5.75 Å². The number of nitrogens with zero attached hydrogens (tertiary/aromatic N) is 1. The molecule has 0 aliphatic carbocycles.